The summed E-state index contributed by atoms with van der Waals surface area (Å²) in [7, 11) is 0. The van der Waals surface area contributed by atoms with E-state index >= 15 is 0 Å². The second-order valence-electron chi connectivity index (χ2n) is 5.33. The second-order valence-corrected chi connectivity index (χ2v) is 5.33. The van der Waals surface area contributed by atoms with Gasteiger partial charge in [-0.3, -0.25) is 4.98 Å². The molecule has 0 saturated heterocycles. The number of amides is 2. The van der Waals surface area contributed by atoms with Gasteiger partial charge in [-0.1, -0.05) is 12.1 Å². The summed E-state index contributed by atoms with van der Waals surface area (Å²) in [6.45, 7) is 0. The number of rotatable bonds is 4. The summed E-state index contributed by atoms with van der Waals surface area (Å²) in [5, 5.41) is 4.89. The van der Waals surface area contributed by atoms with Gasteiger partial charge in [-0.15, -0.1) is 0 Å². The van der Waals surface area contributed by atoms with Crippen molar-refractivity contribution >= 4 is 17.4 Å². The van der Waals surface area contributed by atoms with Gasteiger partial charge in [0.25, 0.3) is 0 Å². The minimum absolute atomic E-state index is 0.0225. The molecule has 0 aliphatic carbocycles. The van der Waals surface area contributed by atoms with Gasteiger partial charge in [0.1, 0.15) is 5.75 Å². The first kappa shape index (κ1) is 18.2. The number of anilines is 2. The van der Waals surface area contributed by atoms with Crippen molar-refractivity contribution in [2.75, 3.05) is 10.6 Å². The molecule has 2 amide bonds. The number of ether oxygens (including phenoxy) is 1. The van der Waals surface area contributed by atoms with Crippen LogP contribution in [0.25, 0.3) is 0 Å². The topological polar surface area (TPSA) is 76.1 Å². The van der Waals surface area contributed by atoms with Gasteiger partial charge in [-0.25, -0.2) is 9.78 Å². The number of hydrogen-bond acceptors (Lipinski definition) is 4. The van der Waals surface area contributed by atoms with E-state index in [1.165, 1.54) is 30.7 Å². The number of aromatic nitrogens is 2. The van der Waals surface area contributed by atoms with Gasteiger partial charge in [0.15, 0.2) is 0 Å². The van der Waals surface area contributed by atoms with E-state index in [0.717, 1.165) is 12.1 Å². The van der Waals surface area contributed by atoms with Crippen LogP contribution in [0.2, 0.25) is 0 Å². The lowest BCUT2D eigenvalue weighted by Crippen LogP contribution is -2.19. The highest BCUT2D eigenvalue weighted by Gasteiger charge is 2.30. The van der Waals surface area contributed by atoms with E-state index in [0.29, 0.717) is 11.4 Å². The molecule has 1 heterocycles. The number of nitrogens with one attached hydrogen (secondary N) is 2. The van der Waals surface area contributed by atoms with Gasteiger partial charge in [0, 0.05) is 29.8 Å². The molecule has 138 valence electrons. The molecule has 0 bridgehead atoms. The highest BCUT2D eigenvalue weighted by atomic mass is 19.4. The summed E-state index contributed by atoms with van der Waals surface area (Å²) >= 11 is 0. The number of hydrogen-bond donors (Lipinski definition) is 2. The zero-order valence-electron chi connectivity index (χ0n) is 13.7. The van der Waals surface area contributed by atoms with Crippen LogP contribution in [0.5, 0.6) is 11.6 Å². The van der Waals surface area contributed by atoms with Crippen molar-refractivity contribution in [3.63, 3.8) is 0 Å². The fourth-order valence-electron chi connectivity index (χ4n) is 2.16. The van der Waals surface area contributed by atoms with Crippen LogP contribution in [0.4, 0.5) is 29.3 Å². The first-order valence-electron chi connectivity index (χ1n) is 7.69. The van der Waals surface area contributed by atoms with E-state index in [1.807, 2.05) is 0 Å². The Morgan fingerprint density at radius 3 is 2.33 bits per heavy atom. The quantitative estimate of drug-likeness (QED) is 0.679. The van der Waals surface area contributed by atoms with Crippen LogP contribution < -0.4 is 15.4 Å². The standard InChI is InChI=1S/C18H13F3N4O2/c19-18(20,21)12-3-1-4-13(9-12)24-17(26)25-14-5-2-6-15(10-14)27-16-11-22-7-8-23-16/h1-11H,(H2,24,25,26). The number of carbonyl (C=O) groups is 1. The van der Waals surface area contributed by atoms with Gasteiger partial charge < -0.3 is 15.4 Å². The number of nitrogens with zero attached hydrogens (tertiary/aromatic N) is 2. The zero-order chi connectivity index (χ0) is 19.3. The highest BCUT2D eigenvalue weighted by molar-refractivity contribution is 5.99. The maximum absolute atomic E-state index is 12.7. The van der Waals surface area contributed by atoms with Gasteiger partial charge in [0.05, 0.1) is 11.8 Å². The molecule has 2 aromatic carbocycles. The third-order valence-electron chi connectivity index (χ3n) is 3.30. The lowest BCUT2D eigenvalue weighted by molar-refractivity contribution is -0.137. The predicted molar refractivity (Wildman–Crippen MR) is 92.6 cm³/mol. The summed E-state index contributed by atoms with van der Waals surface area (Å²) in [4.78, 5) is 19.9. The van der Waals surface area contributed by atoms with Gasteiger partial charge in [-0.2, -0.15) is 13.2 Å². The maximum Gasteiger partial charge on any atom is 0.416 e. The zero-order valence-corrected chi connectivity index (χ0v) is 13.7. The SMILES string of the molecule is O=C(Nc1cccc(Oc2cnccn2)c1)Nc1cccc(C(F)(F)F)c1. The number of alkyl halides is 3. The molecule has 0 radical (unpaired) electrons. The minimum atomic E-state index is -4.49. The van der Waals surface area contributed by atoms with Crippen LogP contribution in [0.15, 0.2) is 67.1 Å². The monoisotopic (exact) mass is 374 g/mol. The van der Waals surface area contributed by atoms with E-state index in [4.69, 9.17) is 4.74 Å². The molecule has 0 spiro atoms. The average molecular weight is 374 g/mol. The Kier molecular flexibility index (Phi) is 5.20. The van der Waals surface area contributed by atoms with Gasteiger partial charge in [-0.05, 0) is 30.3 Å². The minimum Gasteiger partial charge on any atom is -0.437 e. The molecular weight excluding hydrogens is 361 g/mol. The molecule has 3 rings (SSSR count). The molecule has 1 aromatic heterocycles. The van der Waals surface area contributed by atoms with Crippen LogP contribution in [-0.4, -0.2) is 16.0 Å². The van der Waals surface area contributed by atoms with Crippen molar-refractivity contribution in [2.24, 2.45) is 0 Å². The highest BCUT2D eigenvalue weighted by Crippen LogP contribution is 2.30. The van der Waals surface area contributed by atoms with E-state index < -0.39 is 17.8 Å². The van der Waals surface area contributed by atoms with Gasteiger partial charge in [0.2, 0.25) is 5.88 Å². The molecule has 0 aliphatic heterocycles. The Labute approximate surface area is 152 Å². The van der Waals surface area contributed by atoms with Crippen molar-refractivity contribution in [1.29, 1.82) is 0 Å². The second kappa shape index (κ2) is 7.73. The van der Waals surface area contributed by atoms with Crippen LogP contribution in [0.1, 0.15) is 5.56 Å². The van der Waals surface area contributed by atoms with Crippen molar-refractivity contribution in [3.05, 3.63) is 72.7 Å². The molecule has 0 aliphatic rings. The lowest BCUT2D eigenvalue weighted by atomic mass is 10.2. The summed E-state index contributed by atoms with van der Waals surface area (Å²) in [5.41, 5.74) is -0.435. The number of halogens is 3. The summed E-state index contributed by atoms with van der Waals surface area (Å²) in [5.74, 6) is 0.690. The number of urea groups is 1. The Morgan fingerprint density at radius 2 is 1.67 bits per heavy atom. The van der Waals surface area contributed by atoms with Crippen molar-refractivity contribution in [3.8, 4) is 11.6 Å². The smallest absolute Gasteiger partial charge is 0.416 e. The van der Waals surface area contributed by atoms with E-state index in [1.54, 1.807) is 24.3 Å². The molecule has 0 fully saturated rings. The van der Waals surface area contributed by atoms with Crippen molar-refractivity contribution < 1.29 is 22.7 Å². The third kappa shape index (κ3) is 5.18. The summed E-state index contributed by atoms with van der Waals surface area (Å²) < 4.78 is 43.7. The molecule has 2 N–H and O–H groups in total. The van der Waals surface area contributed by atoms with E-state index in [2.05, 4.69) is 20.6 Å². The molecule has 27 heavy (non-hydrogen) atoms. The normalized spacial score (nSPS) is 10.9. The molecular formula is C18H13F3N4O2. The van der Waals surface area contributed by atoms with E-state index in [9.17, 15) is 18.0 Å². The molecule has 0 unspecified atom stereocenters. The van der Waals surface area contributed by atoms with Crippen LogP contribution in [0, 0.1) is 0 Å². The van der Waals surface area contributed by atoms with Gasteiger partial charge >= 0.3 is 12.2 Å². The lowest BCUT2D eigenvalue weighted by Gasteiger charge is -2.11. The Hall–Kier alpha value is -3.62. The first-order valence-corrected chi connectivity index (χ1v) is 7.69. The molecule has 6 nitrogen and oxygen atoms in total. The summed E-state index contributed by atoms with van der Waals surface area (Å²) in [6.07, 6.45) is -0.0798. The molecule has 9 heteroatoms. The maximum atomic E-state index is 12.7. The predicted octanol–water partition coefficient (Wildman–Crippen LogP) is 4.93. The van der Waals surface area contributed by atoms with E-state index in [-0.39, 0.29) is 11.6 Å². The van der Waals surface area contributed by atoms with Crippen molar-refractivity contribution in [1.82, 2.24) is 9.97 Å². The fraction of sp³-hybridized carbons (Fsp3) is 0.0556. The molecule has 0 saturated carbocycles. The Balaban J connectivity index is 1.65. The average Bonchev–Trinajstić information content (AvgIpc) is 2.62. The number of benzene rings is 2. The van der Waals surface area contributed by atoms with Crippen LogP contribution >= 0.6 is 0 Å². The third-order valence-corrected chi connectivity index (χ3v) is 3.30. The summed E-state index contributed by atoms with van der Waals surface area (Å²) in [6, 6.07) is 10.1. The first-order chi connectivity index (χ1) is 12.9. The largest absolute Gasteiger partial charge is 0.437 e. The molecule has 0 atom stereocenters. The fourth-order valence-corrected chi connectivity index (χ4v) is 2.16. The Bertz CT molecular complexity index is 933. The van der Waals surface area contributed by atoms with Crippen LogP contribution in [0.3, 0.4) is 0 Å². The molecule has 3 aromatic rings. The number of carbonyl (C=O) groups excluding carboxylic acids is 1. The van der Waals surface area contributed by atoms with Crippen LogP contribution in [-0.2, 0) is 6.18 Å². The van der Waals surface area contributed by atoms with Crippen molar-refractivity contribution in [2.45, 2.75) is 6.18 Å². The Morgan fingerprint density at radius 1 is 0.963 bits per heavy atom.